The van der Waals surface area contributed by atoms with Crippen LogP contribution in [-0.4, -0.2) is 41.0 Å². The van der Waals surface area contributed by atoms with Crippen LogP contribution in [0.1, 0.15) is 33.1 Å². The summed E-state index contributed by atoms with van der Waals surface area (Å²) in [5, 5.41) is 4.29. The van der Waals surface area contributed by atoms with E-state index in [1.807, 2.05) is 0 Å². The van der Waals surface area contributed by atoms with E-state index in [0.717, 1.165) is 38.0 Å². The van der Waals surface area contributed by atoms with Gasteiger partial charge in [-0.2, -0.15) is 5.10 Å². The Hall–Kier alpha value is -1.07. The fourth-order valence-electron chi connectivity index (χ4n) is 2.53. The van der Waals surface area contributed by atoms with Crippen LogP contribution in [0.15, 0.2) is 17.1 Å². The van der Waals surface area contributed by atoms with Crippen LogP contribution in [0, 0.1) is 0 Å². The summed E-state index contributed by atoms with van der Waals surface area (Å²) in [6, 6.07) is 1.68. The van der Waals surface area contributed by atoms with E-state index >= 15 is 0 Å². The first-order valence-corrected chi connectivity index (χ1v) is 8.07. The van der Waals surface area contributed by atoms with Gasteiger partial charge in [0.1, 0.15) is 0 Å². The molecular formula is C15H24ClN3O2. The molecule has 0 amide bonds. The van der Waals surface area contributed by atoms with E-state index in [1.54, 1.807) is 12.3 Å². The van der Waals surface area contributed by atoms with E-state index in [1.165, 1.54) is 4.68 Å². The van der Waals surface area contributed by atoms with Crippen LogP contribution in [0.2, 0.25) is 0 Å². The van der Waals surface area contributed by atoms with E-state index in [0.29, 0.717) is 19.0 Å². The van der Waals surface area contributed by atoms with Crippen molar-refractivity contribution in [2.75, 3.05) is 30.5 Å². The number of morpholine rings is 1. The third-order valence-corrected chi connectivity index (χ3v) is 3.92. The third kappa shape index (κ3) is 4.71. The Bertz CT molecular complexity index is 516. The molecule has 1 aromatic rings. The molecule has 0 N–H and O–H groups in total. The van der Waals surface area contributed by atoms with Crippen LogP contribution in [0.25, 0.3) is 0 Å². The Morgan fingerprint density at radius 3 is 2.86 bits per heavy atom. The molecule has 118 valence electrons. The topological polar surface area (TPSA) is 47.4 Å². The van der Waals surface area contributed by atoms with Gasteiger partial charge in [0.05, 0.1) is 24.1 Å². The van der Waals surface area contributed by atoms with Crippen molar-refractivity contribution in [1.29, 1.82) is 0 Å². The lowest BCUT2D eigenvalue weighted by Gasteiger charge is -2.39. The van der Waals surface area contributed by atoms with Gasteiger partial charge in [-0.15, -0.1) is 11.6 Å². The molecule has 21 heavy (non-hydrogen) atoms. The molecule has 1 saturated heterocycles. The molecule has 6 heteroatoms. The molecule has 1 fully saturated rings. The highest BCUT2D eigenvalue weighted by Gasteiger charge is 2.27. The van der Waals surface area contributed by atoms with Crippen molar-refractivity contribution in [2.24, 2.45) is 0 Å². The van der Waals surface area contributed by atoms with E-state index in [2.05, 4.69) is 23.8 Å². The minimum Gasteiger partial charge on any atom is -0.372 e. The summed E-state index contributed by atoms with van der Waals surface area (Å²) >= 11 is 5.64. The van der Waals surface area contributed by atoms with Gasteiger partial charge in [-0.1, -0.05) is 6.42 Å². The second-order valence-electron chi connectivity index (χ2n) is 6.05. The van der Waals surface area contributed by atoms with Crippen LogP contribution < -0.4 is 10.5 Å². The van der Waals surface area contributed by atoms with Gasteiger partial charge in [-0.05, 0) is 26.7 Å². The zero-order valence-corrected chi connectivity index (χ0v) is 13.6. The SMILES string of the molecule is CC1(C)CN(c2cnn(CCCCCCl)c(=O)c2)CCO1. The first-order chi connectivity index (χ1) is 10.0. The lowest BCUT2D eigenvalue weighted by atomic mass is 10.1. The summed E-state index contributed by atoms with van der Waals surface area (Å²) in [5.41, 5.74) is 0.658. The van der Waals surface area contributed by atoms with Crippen LogP contribution >= 0.6 is 11.6 Å². The van der Waals surface area contributed by atoms with E-state index in [9.17, 15) is 4.79 Å². The van der Waals surface area contributed by atoms with E-state index < -0.39 is 0 Å². The first-order valence-electron chi connectivity index (χ1n) is 7.54. The molecule has 1 aromatic heterocycles. The van der Waals surface area contributed by atoms with Crippen molar-refractivity contribution in [3.63, 3.8) is 0 Å². The smallest absolute Gasteiger partial charge is 0.268 e. The largest absolute Gasteiger partial charge is 0.372 e. The summed E-state index contributed by atoms with van der Waals surface area (Å²) in [6.45, 7) is 7.02. The normalized spacial score (nSPS) is 18.0. The van der Waals surface area contributed by atoms with Crippen LogP contribution in [0.4, 0.5) is 5.69 Å². The number of unbranched alkanes of at least 4 members (excludes halogenated alkanes) is 2. The second kappa shape index (κ2) is 7.27. The number of hydrogen-bond acceptors (Lipinski definition) is 4. The van der Waals surface area contributed by atoms with Crippen LogP contribution in [0.5, 0.6) is 0 Å². The molecule has 2 rings (SSSR count). The molecule has 5 nitrogen and oxygen atoms in total. The summed E-state index contributed by atoms with van der Waals surface area (Å²) < 4.78 is 7.22. The van der Waals surface area contributed by atoms with Gasteiger partial charge in [0.25, 0.3) is 5.56 Å². The highest BCUT2D eigenvalue weighted by molar-refractivity contribution is 6.17. The average Bonchev–Trinajstić information content (AvgIpc) is 2.44. The number of alkyl halides is 1. The predicted octanol–water partition coefficient (Wildman–Crippen LogP) is 2.27. The molecule has 1 aliphatic heterocycles. The van der Waals surface area contributed by atoms with Gasteiger partial charge in [0.2, 0.25) is 0 Å². The zero-order chi connectivity index (χ0) is 15.3. The quantitative estimate of drug-likeness (QED) is 0.597. The van der Waals surface area contributed by atoms with Gasteiger partial charge in [0.15, 0.2) is 0 Å². The number of nitrogens with zero attached hydrogens (tertiary/aromatic N) is 3. The molecule has 0 atom stereocenters. The number of rotatable bonds is 6. The fourth-order valence-corrected chi connectivity index (χ4v) is 2.72. The van der Waals surface area contributed by atoms with Gasteiger partial charge in [0, 0.05) is 31.6 Å². The maximum absolute atomic E-state index is 12.1. The minimum absolute atomic E-state index is 0.0392. The third-order valence-electron chi connectivity index (χ3n) is 3.65. The maximum Gasteiger partial charge on any atom is 0.268 e. The molecule has 1 aliphatic rings. The first kappa shape index (κ1) is 16.3. The number of halogens is 1. The number of ether oxygens (including phenoxy) is 1. The Balaban J connectivity index is 2.00. The lowest BCUT2D eigenvalue weighted by molar-refractivity contribution is -0.0277. The zero-order valence-electron chi connectivity index (χ0n) is 12.8. The summed E-state index contributed by atoms with van der Waals surface area (Å²) in [5.74, 6) is 0.675. The molecule has 0 spiro atoms. The molecule has 0 saturated carbocycles. The molecule has 0 bridgehead atoms. The van der Waals surface area contributed by atoms with E-state index in [4.69, 9.17) is 16.3 Å². The van der Waals surface area contributed by atoms with Crippen molar-refractivity contribution in [3.8, 4) is 0 Å². The van der Waals surface area contributed by atoms with Crippen molar-refractivity contribution in [2.45, 2.75) is 45.3 Å². The predicted molar refractivity (Wildman–Crippen MR) is 85.3 cm³/mol. The summed E-state index contributed by atoms with van der Waals surface area (Å²) in [4.78, 5) is 14.3. The summed E-state index contributed by atoms with van der Waals surface area (Å²) in [6.07, 6.45) is 4.72. The molecule has 0 aliphatic carbocycles. The van der Waals surface area contributed by atoms with E-state index in [-0.39, 0.29) is 11.2 Å². The Morgan fingerprint density at radius 1 is 1.38 bits per heavy atom. The van der Waals surface area contributed by atoms with Crippen LogP contribution in [0.3, 0.4) is 0 Å². The monoisotopic (exact) mass is 313 g/mol. The molecule has 0 radical (unpaired) electrons. The van der Waals surface area contributed by atoms with Gasteiger partial charge >= 0.3 is 0 Å². The standard InChI is InChI=1S/C15H24ClN3O2/c1-15(2)12-18(8-9-21-15)13-10-14(20)19(17-11-13)7-5-3-4-6-16/h10-11H,3-9,12H2,1-2H3. The molecule has 2 heterocycles. The van der Waals surface area contributed by atoms with Crippen molar-refractivity contribution in [3.05, 3.63) is 22.6 Å². The Labute approximate surface area is 130 Å². The van der Waals surface area contributed by atoms with Gasteiger partial charge in [-0.25, -0.2) is 4.68 Å². The number of anilines is 1. The number of hydrogen-bond donors (Lipinski definition) is 0. The Kier molecular flexibility index (Phi) is 5.65. The van der Waals surface area contributed by atoms with Crippen molar-refractivity contribution < 1.29 is 4.74 Å². The van der Waals surface area contributed by atoms with Crippen LogP contribution in [-0.2, 0) is 11.3 Å². The average molecular weight is 314 g/mol. The fraction of sp³-hybridized carbons (Fsp3) is 0.733. The minimum atomic E-state index is -0.186. The number of aryl methyl sites for hydroxylation is 1. The lowest BCUT2D eigenvalue weighted by Crippen LogP contribution is -2.48. The molecule has 0 unspecified atom stereocenters. The van der Waals surface area contributed by atoms with Gasteiger partial charge < -0.3 is 9.64 Å². The number of aromatic nitrogens is 2. The highest BCUT2D eigenvalue weighted by atomic mass is 35.5. The van der Waals surface area contributed by atoms with Crippen molar-refractivity contribution >= 4 is 17.3 Å². The molecule has 0 aromatic carbocycles. The molecular weight excluding hydrogens is 290 g/mol. The second-order valence-corrected chi connectivity index (χ2v) is 6.43. The van der Waals surface area contributed by atoms with Gasteiger partial charge in [-0.3, -0.25) is 4.79 Å². The van der Waals surface area contributed by atoms with Crippen molar-refractivity contribution in [1.82, 2.24) is 9.78 Å². The summed E-state index contributed by atoms with van der Waals surface area (Å²) in [7, 11) is 0. The highest BCUT2D eigenvalue weighted by Crippen LogP contribution is 2.21. The Morgan fingerprint density at radius 2 is 2.19 bits per heavy atom. The maximum atomic E-state index is 12.1.